The van der Waals surface area contributed by atoms with E-state index in [0.29, 0.717) is 11.6 Å². The Morgan fingerprint density at radius 3 is 2.89 bits per heavy atom. The molecule has 1 aromatic carbocycles. The van der Waals surface area contributed by atoms with Crippen LogP contribution < -0.4 is 5.73 Å². The molecule has 0 saturated heterocycles. The summed E-state index contributed by atoms with van der Waals surface area (Å²) in [5.74, 6) is 0.0474. The predicted molar refractivity (Wildman–Crippen MR) is 75.4 cm³/mol. The molecule has 1 fully saturated rings. The first kappa shape index (κ1) is 12.6. The number of hydrogen-bond acceptors (Lipinski definition) is 5. The summed E-state index contributed by atoms with van der Waals surface area (Å²) in [5.41, 5.74) is 6.17. The molecule has 3 rings (SSSR count). The molecule has 6 nitrogen and oxygen atoms in total. The van der Waals surface area contributed by atoms with Crippen molar-refractivity contribution in [1.29, 1.82) is 5.41 Å². The van der Waals surface area contributed by atoms with Gasteiger partial charge >= 0.3 is 0 Å². The topological polar surface area (TPSA) is 93.5 Å². The summed E-state index contributed by atoms with van der Waals surface area (Å²) in [7, 11) is 0. The van der Waals surface area contributed by atoms with E-state index in [0.717, 1.165) is 27.4 Å². The van der Waals surface area contributed by atoms with E-state index in [9.17, 15) is 0 Å². The molecule has 8 heteroatoms. The normalized spacial score (nSPS) is 14.6. The largest absolute Gasteiger partial charge is 0.384 e. The zero-order chi connectivity index (χ0) is 13.4. The Hall–Kier alpha value is -1.41. The van der Waals surface area contributed by atoms with Crippen LogP contribution in [0.3, 0.4) is 0 Å². The molecule has 1 saturated carbocycles. The number of rotatable bonds is 4. The number of benzene rings is 1. The molecule has 0 spiro atoms. The Morgan fingerprint density at radius 1 is 1.47 bits per heavy atom. The van der Waals surface area contributed by atoms with Gasteiger partial charge < -0.3 is 5.73 Å². The van der Waals surface area contributed by atoms with Gasteiger partial charge in [0.05, 0.1) is 6.04 Å². The molecule has 1 aliphatic carbocycles. The Morgan fingerprint density at radius 2 is 2.26 bits per heavy atom. The molecule has 0 amide bonds. The van der Waals surface area contributed by atoms with Gasteiger partial charge in [-0.25, -0.2) is 4.68 Å². The number of halogens is 1. The number of hydrogen-bond donors (Lipinski definition) is 2. The van der Waals surface area contributed by atoms with E-state index in [-0.39, 0.29) is 5.84 Å². The molecule has 0 unspecified atom stereocenters. The Labute approximate surface area is 122 Å². The summed E-state index contributed by atoms with van der Waals surface area (Å²) in [6, 6.07) is 6.11. The number of tetrazole rings is 1. The van der Waals surface area contributed by atoms with Crippen LogP contribution in [0.2, 0.25) is 0 Å². The second kappa shape index (κ2) is 4.93. The average Bonchev–Trinajstić information content (AvgIpc) is 3.10. The highest BCUT2D eigenvalue weighted by molar-refractivity contribution is 9.10. The molecule has 0 radical (unpaired) electrons. The third kappa shape index (κ3) is 2.64. The van der Waals surface area contributed by atoms with Crippen LogP contribution in [0.4, 0.5) is 0 Å². The van der Waals surface area contributed by atoms with Gasteiger partial charge in [0.1, 0.15) is 5.84 Å². The predicted octanol–water partition coefficient (Wildman–Crippen LogP) is 2.21. The molecule has 1 aromatic heterocycles. The molecular formula is C11H11BrN6S. The van der Waals surface area contributed by atoms with Crippen LogP contribution in [-0.2, 0) is 0 Å². The van der Waals surface area contributed by atoms with E-state index in [2.05, 4.69) is 31.5 Å². The van der Waals surface area contributed by atoms with Crippen molar-refractivity contribution in [2.24, 2.45) is 5.73 Å². The average molecular weight is 339 g/mol. The third-order valence-electron chi connectivity index (χ3n) is 2.80. The molecule has 98 valence electrons. The van der Waals surface area contributed by atoms with Crippen LogP contribution in [0, 0.1) is 5.41 Å². The first-order chi connectivity index (χ1) is 9.15. The highest BCUT2D eigenvalue weighted by Crippen LogP contribution is 2.38. The summed E-state index contributed by atoms with van der Waals surface area (Å²) in [6.45, 7) is 0. The van der Waals surface area contributed by atoms with Crippen molar-refractivity contribution in [2.75, 3.05) is 0 Å². The Bertz CT molecular complexity index is 636. The monoisotopic (exact) mass is 338 g/mol. The van der Waals surface area contributed by atoms with Gasteiger partial charge in [-0.15, -0.1) is 5.10 Å². The summed E-state index contributed by atoms with van der Waals surface area (Å²) >= 11 is 4.93. The summed E-state index contributed by atoms with van der Waals surface area (Å²) in [5, 5.41) is 20.0. The van der Waals surface area contributed by atoms with Gasteiger partial charge in [-0.3, -0.25) is 5.41 Å². The number of nitrogens with zero attached hydrogens (tertiary/aromatic N) is 4. The van der Waals surface area contributed by atoms with Crippen molar-refractivity contribution in [3.8, 4) is 0 Å². The maximum Gasteiger partial charge on any atom is 0.214 e. The van der Waals surface area contributed by atoms with Crippen LogP contribution in [-0.4, -0.2) is 26.0 Å². The molecule has 0 bridgehead atoms. The van der Waals surface area contributed by atoms with Crippen molar-refractivity contribution in [2.45, 2.75) is 28.9 Å². The lowest BCUT2D eigenvalue weighted by molar-refractivity contribution is 0.565. The molecule has 0 atom stereocenters. The minimum Gasteiger partial charge on any atom is -0.384 e. The van der Waals surface area contributed by atoms with Gasteiger partial charge in [-0.2, -0.15) is 0 Å². The second-order valence-corrected chi connectivity index (χ2v) is 6.19. The Balaban J connectivity index is 1.85. The smallest absolute Gasteiger partial charge is 0.214 e. The lowest BCUT2D eigenvalue weighted by Crippen LogP contribution is -2.11. The number of nitrogens with two attached hydrogens (primary N) is 1. The van der Waals surface area contributed by atoms with E-state index in [1.807, 2.05) is 22.9 Å². The lowest BCUT2D eigenvalue weighted by Gasteiger charge is -2.06. The van der Waals surface area contributed by atoms with Crippen molar-refractivity contribution in [3.63, 3.8) is 0 Å². The lowest BCUT2D eigenvalue weighted by atomic mass is 10.2. The van der Waals surface area contributed by atoms with Gasteiger partial charge in [0, 0.05) is 14.9 Å². The van der Waals surface area contributed by atoms with E-state index in [1.165, 1.54) is 11.8 Å². The second-order valence-electron chi connectivity index (χ2n) is 4.29. The fourth-order valence-corrected chi connectivity index (χ4v) is 3.31. The van der Waals surface area contributed by atoms with E-state index >= 15 is 0 Å². The van der Waals surface area contributed by atoms with Crippen LogP contribution in [0.5, 0.6) is 0 Å². The first-order valence-electron chi connectivity index (χ1n) is 5.75. The number of nitrogens with one attached hydrogen (secondary N) is 1. The van der Waals surface area contributed by atoms with Gasteiger partial charge in [-0.1, -0.05) is 0 Å². The van der Waals surface area contributed by atoms with E-state index in [1.54, 1.807) is 0 Å². The highest BCUT2D eigenvalue weighted by Gasteiger charge is 2.28. The minimum atomic E-state index is 0.0474. The molecule has 1 heterocycles. The fraction of sp³-hybridized carbons (Fsp3) is 0.273. The van der Waals surface area contributed by atoms with Crippen LogP contribution in [0.15, 0.2) is 32.7 Å². The zero-order valence-electron chi connectivity index (χ0n) is 9.88. The summed E-state index contributed by atoms with van der Waals surface area (Å²) < 4.78 is 2.67. The van der Waals surface area contributed by atoms with Crippen LogP contribution >= 0.6 is 27.7 Å². The van der Waals surface area contributed by atoms with Crippen molar-refractivity contribution in [1.82, 2.24) is 20.2 Å². The van der Waals surface area contributed by atoms with E-state index < -0.39 is 0 Å². The Kier molecular flexibility index (Phi) is 3.28. The van der Waals surface area contributed by atoms with Gasteiger partial charge in [-0.05, 0) is 69.2 Å². The van der Waals surface area contributed by atoms with Crippen molar-refractivity contribution < 1.29 is 0 Å². The molecule has 2 aromatic rings. The number of aromatic nitrogens is 4. The SMILES string of the molecule is N=C(N)c1ccc(Sc2nnnn2C2CC2)cc1Br. The summed E-state index contributed by atoms with van der Waals surface area (Å²) in [6.07, 6.45) is 2.29. The minimum absolute atomic E-state index is 0.0474. The molecule has 19 heavy (non-hydrogen) atoms. The molecule has 3 N–H and O–H groups in total. The molecular weight excluding hydrogens is 328 g/mol. The quantitative estimate of drug-likeness (QED) is 0.658. The fourth-order valence-electron chi connectivity index (χ4n) is 1.68. The maximum absolute atomic E-state index is 7.45. The summed E-state index contributed by atoms with van der Waals surface area (Å²) in [4.78, 5) is 1.01. The standard InChI is InChI=1S/C11H11BrN6S/c12-9-5-7(3-4-8(9)10(13)14)19-11-15-16-17-18(11)6-1-2-6/h3-6H,1-2H2,(H3,13,14). The zero-order valence-corrected chi connectivity index (χ0v) is 12.3. The third-order valence-corrected chi connectivity index (χ3v) is 4.39. The maximum atomic E-state index is 7.45. The first-order valence-corrected chi connectivity index (χ1v) is 7.36. The van der Waals surface area contributed by atoms with Crippen molar-refractivity contribution >= 4 is 33.5 Å². The number of amidine groups is 1. The van der Waals surface area contributed by atoms with Gasteiger partial charge in [0.2, 0.25) is 5.16 Å². The van der Waals surface area contributed by atoms with Crippen LogP contribution in [0.1, 0.15) is 24.4 Å². The highest BCUT2D eigenvalue weighted by atomic mass is 79.9. The number of nitrogen functional groups attached to an aromatic ring is 1. The van der Waals surface area contributed by atoms with E-state index in [4.69, 9.17) is 11.1 Å². The van der Waals surface area contributed by atoms with Crippen molar-refractivity contribution in [3.05, 3.63) is 28.2 Å². The van der Waals surface area contributed by atoms with Gasteiger partial charge in [0.25, 0.3) is 0 Å². The molecule has 1 aliphatic rings. The molecule has 0 aliphatic heterocycles. The van der Waals surface area contributed by atoms with Gasteiger partial charge in [0.15, 0.2) is 0 Å². The van der Waals surface area contributed by atoms with Crippen LogP contribution in [0.25, 0.3) is 0 Å².